The van der Waals surface area contributed by atoms with Gasteiger partial charge in [-0.25, -0.2) is 0 Å². The van der Waals surface area contributed by atoms with Gasteiger partial charge < -0.3 is 4.74 Å². The first-order valence-corrected chi connectivity index (χ1v) is 7.42. The molecule has 0 unspecified atom stereocenters. The fourth-order valence-corrected chi connectivity index (χ4v) is 2.21. The molecule has 0 N–H and O–H groups in total. The third-order valence-electron chi connectivity index (χ3n) is 3.69. The van der Waals surface area contributed by atoms with Crippen molar-refractivity contribution in [3.05, 3.63) is 65.2 Å². The number of ketones is 2. The molecule has 3 heteroatoms. The number of methoxy groups -OCH3 is 1. The molecule has 0 saturated carbocycles. The first-order valence-electron chi connectivity index (χ1n) is 8.92. The molecule has 0 heterocycles. The summed E-state index contributed by atoms with van der Waals surface area (Å²) >= 11 is 0. The Morgan fingerprint density at radius 3 is 1.83 bits per heavy atom. The molecule has 2 aromatic carbocycles. The molecule has 23 heavy (non-hydrogen) atoms. The van der Waals surface area contributed by atoms with E-state index in [1.54, 1.807) is 12.1 Å². The molecular formula is C20H22O3. The smallest absolute Gasteiger partial charge is 0.170 e. The highest BCUT2D eigenvalue weighted by molar-refractivity contribution is 6.13. The van der Waals surface area contributed by atoms with Crippen molar-refractivity contribution in [3.8, 4) is 5.75 Å². The van der Waals surface area contributed by atoms with Gasteiger partial charge >= 0.3 is 0 Å². The lowest BCUT2D eigenvalue weighted by atomic mass is 9.86. The summed E-state index contributed by atoms with van der Waals surface area (Å²) < 4.78 is 25.9. The van der Waals surface area contributed by atoms with Crippen molar-refractivity contribution in [1.29, 1.82) is 0 Å². The van der Waals surface area contributed by atoms with E-state index in [0.717, 1.165) is 5.56 Å². The summed E-state index contributed by atoms with van der Waals surface area (Å²) in [5.74, 6) is -0.431. The molecule has 0 atom stereocenters. The number of benzene rings is 2. The number of carbonyl (C=O) groups is 2. The topological polar surface area (TPSA) is 43.4 Å². The van der Waals surface area contributed by atoms with Crippen molar-refractivity contribution in [2.24, 2.45) is 0 Å². The molecular weight excluding hydrogens is 289 g/mol. The number of Topliss-reactive ketones (excluding diaryl/α,β-unsaturated/α-hetero) is 2. The van der Waals surface area contributed by atoms with Gasteiger partial charge in [0.05, 0.1) is 17.6 Å². The molecule has 0 aliphatic rings. The van der Waals surface area contributed by atoms with Crippen LogP contribution in [0.3, 0.4) is 0 Å². The SMILES string of the molecule is [2H][13C]([2H])([2H])Oc1ccc(C(=O)CC(=O)c2ccc(C(C)(C)C)cc2)cc1. The second kappa shape index (κ2) is 6.78. The molecule has 0 aliphatic carbocycles. The van der Waals surface area contributed by atoms with Crippen LogP contribution in [-0.2, 0) is 5.41 Å². The lowest BCUT2D eigenvalue weighted by molar-refractivity contribution is 0.0894. The number of hydrogen-bond acceptors (Lipinski definition) is 3. The van der Waals surface area contributed by atoms with Crippen LogP contribution in [0.15, 0.2) is 48.5 Å². The van der Waals surface area contributed by atoms with Gasteiger partial charge in [-0.3, -0.25) is 9.59 Å². The molecule has 0 saturated heterocycles. The van der Waals surface area contributed by atoms with Gasteiger partial charge in [0.1, 0.15) is 5.75 Å². The van der Waals surface area contributed by atoms with Crippen LogP contribution in [-0.4, -0.2) is 18.6 Å². The molecule has 0 amide bonds. The Hall–Kier alpha value is -2.42. The van der Waals surface area contributed by atoms with Crippen LogP contribution < -0.4 is 4.74 Å². The van der Waals surface area contributed by atoms with Crippen LogP contribution >= 0.6 is 0 Å². The highest BCUT2D eigenvalue weighted by Gasteiger charge is 2.16. The minimum Gasteiger partial charge on any atom is -0.497 e. The zero-order valence-electron chi connectivity index (χ0n) is 16.6. The Morgan fingerprint density at radius 1 is 0.913 bits per heavy atom. The van der Waals surface area contributed by atoms with Gasteiger partial charge in [-0.1, -0.05) is 45.0 Å². The van der Waals surface area contributed by atoms with E-state index in [1.807, 2.05) is 12.1 Å². The van der Waals surface area contributed by atoms with E-state index in [-0.39, 0.29) is 29.2 Å². The van der Waals surface area contributed by atoms with E-state index >= 15 is 0 Å². The maximum atomic E-state index is 12.3. The van der Waals surface area contributed by atoms with Crippen molar-refractivity contribution < 1.29 is 18.4 Å². The van der Waals surface area contributed by atoms with Gasteiger partial charge in [0.25, 0.3) is 0 Å². The van der Waals surface area contributed by atoms with Crippen LogP contribution in [0.2, 0.25) is 0 Å². The van der Waals surface area contributed by atoms with Crippen LogP contribution in [0.4, 0.5) is 0 Å². The van der Waals surface area contributed by atoms with Crippen molar-refractivity contribution in [2.75, 3.05) is 7.04 Å². The summed E-state index contributed by atoms with van der Waals surface area (Å²) in [6.07, 6.45) is -0.242. The van der Waals surface area contributed by atoms with Crippen molar-refractivity contribution in [2.45, 2.75) is 32.6 Å². The van der Waals surface area contributed by atoms with Crippen LogP contribution in [0.1, 0.15) is 57.6 Å². The molecule has 0 radical (unpaired) electrons. The Bertz CT molecular complexity index is 783. The minimum atomic E-state index is -2.54. The molecule has 0 fully saturated rings. The fraction of sp³-hybridized carbons (Fsp3) is 0.300. The van der Waals surface area contributed by atoms with Gasteiger partial charge in [-0.2, -0.15) is 0 Å². The normalized spacial score (nSPS) is 13.6. The lowest BCUT2D eigenvalue weighted by Crippen LogP contribution is -2.12. The first-order chi connectivity index (χ1) is 12.0. The average molecular weight is 314 g/mol. The average Bonchev–Trinajstić information content (AvgIpc) is 2.53. The number of ether oxygens (including phenoxy) is 1. The van der Waals surface area contributed by atoms with Crippen LogP contribution in [0.5, 0.6) is 5.75 Å². The summed E-state index contributed by atoms with van der Waals surface area (Å²) in [5, 5.41) is 0. The number of rotatable bonds is 5. The Balaban J connectivity index is 2.04. The summed E-state index contributed by atoms with van der Waals surface area (Å²) in [4.78, 5) is 24.6. The zero-order valence-corrected chi connectivity index (χ0v) is 13.6. The van der Waals surface area contributed by atoms with Crippen molar-refractivity contribution >= 4 is 11.6 Å². The third-order valence-corrected chi connectivity index (χ3v) is 3.69. The van der Waals surface area contributed by atoms with Crippen molar-refractivity contribution in [3.63, 3.8) is 0 Å². The molecule has 0 spiro atoms. The molecule has 0 aliphatic heterocycles. The largest absolute Gasteiger partial charge is 0.497 e. The summed E-state index contributed by atoms with van der Waals surface area (Å²) in [6.45, 7) is 6.27. The Labute approximate surface area is 141 Å². The lowest BCUT2D eigenvalue weighted by Gasteiger charge is -2.18. The van der Waals surface area contributed by atoms with E-state index in [9.17, 15) is 9.59 Å². The van der Waals surface area contributed by atoms with E-state index in [1.165, 1.54) is 24.3 Å². The second-order valence-corrected chi connectivity index (χ2v) is 6.48. The summed E-state index contributed by atoms with van der Waals surface area (Å²) in [6, 6.07) is 13.0. The maximum Gasteiger partial charge on any atom is 0.170 e. The monoisotopic (exact) mass is 314 g/mol. The quantitative estimate of drug-likeness (QED) is 0.465. The van der Waals surface area contributed by atoms with Gasteiger partial charge in [-0.05, 0) is 35.2 Å². The third kappa shape index (κ3) is 4.28. The minimum absolute atomic E-state index is 0.00402. The van der Waals surface area contributed by atoms with Gasteiger partial charge in [0.2, 0.25) is 0 Å². The first kappa shape index (κ1) is 13.1. The Morgan fingerprint density at radius 2 is 1.39 bits per heavy atom. The predicted octanol–water partition coefficient (Wildman–Crippen LogP) is 4.45. The highest BCUT2D eigenvalue weighted by atomic mass is 16.5. The number of hydrogen-bond donors (Lipinski definition) is 0. The maximum absolute atomic E-state index is 12.3. The Kier molecular flexibility index (Phi) is 3.85. The predicted molar refractivity (Wildman–Crippen MR) is 91.4 cm³/mol. The van der Waals surface area contributed by atoms with E-state index in [2.05, 4.69) is 20.8 Å². The van der Waals surface area contributed by atoms with E-state index < -0.39 is 7.04 Å². The van der Waals surface area contributed by atoms with Crippen LogP contribution in [0.25, 0.3) is 0 Å². The number of carbonyl (C=O) groups excluding carboxylic acids is 2. The van der Waals surface area contributed by atoms with Crippen molar-refractivity contribution in [1.82, 2.24) is 0 Å². The molecule has 2 rings (SSSR count). The fourth-order valence-electron chi connectivity index (χ4n) is 2.21. The molecule has 120 valence electrons. The molecule has 0 bridgehead atoms. The summed E-state index contributed by atoms with van der Waals surface area (Å²) in [7, 11) is -2.54. The molecule has 3 nitrogen and oxygen atoms in total. The zero-order chi connectivity index (χ0) is 19.5. The standard InChI is InChI=1S/C20H22O3/c1-20(2,3)16-9-5-14(6-10-16)18(21)13-19(22)15-7-11-17(23-4)12-8-15/h5-12H,13H2,1-4H3/i4+1D3. The van der Waals surface area contributed by atoms with Crippen LogP contribution in [0, 0.1) is 0 Å². The molecule has 2 aromatic rings. The van der Waals surface area contributed by atoms with E-state index in [4.69, 9.17) is 8.85 Å². The highest BCUT2D eigenvalue weighted by Crippen LogP contribution is 2.22. The molecule has 0 aromatic heterocycles. The van der Waals surface area contributed by atoms with Gasteiger partial charge in [0, 0.05) is 11.1 Å². The van der Waals surface area contributed by atoms with E-state index in [0.29, 0.717) is 11.1 Å². The summed E-state index contributed by atoms with van der Waals surface area (Å²) in [5.41, 5.74) is 1.94. The second-order valence-electron chi connectivity index (χ2n) is 6.48. The van der Waals surface area contributed by atoms with Gasteiger partial charge in [0.15, 0.2) is 11.6 Å². The van der Waals surface area contributed by atoms with Gasteiger partial charge in [-0.15, -0.1) is 0 Å².